The number of thiophene rings is 1. The predicted molar refractivity (Wildman–Crippen MR) is 127 cm³/mol. The van der Waals surface area contributed by atoms with Gasteiger partial charge in [-0.1, -0.05) is 0 Å². The molecule has 1 aliphatic rings. The molecular formula is C23H19N3O6S2. The van der Waals surface area contributed by atoms with Gasteiger partial charge in [0.1, 0.15) is 26.5 Å². The molecule has 0 saturated carbocycles. The van der Waals surface area contributed by atoms with Crippen LogP contribution in [0, 0.1) is 18.3 Å². The standard InChI is InChI=1S/C23H19N3O6S2/c1-4-30-22(27)18-12(2)19(23(28)29-3)34-21(18)25-9-14(8-24)20-26-15(10-33-20)13-5-6-16-17(7-13)32-11-31-16/h5-7,9-10,25H,4,11H2,1-3H3. The third-order valence-corrected chi connectivity index (χ3v) is 6.95. The smallest absolute Gasteiger partial charge is 0.348 e. The van der Waals surface area contributed by atoms with Gasteiger partial charge < -0.3 is 24.3 Å². The van der Waals surface area contributed by atoms with E-state index in [4.69, 9.17) is 18.9 Å². The second kappa shape index (κ2) is 9.94. The van der Waals surface area contributed by atoms with Crippen molar-refractivity contribution in [2.24, 2.45) is 0 Å². The summed E-state index contributed by atoms with van der Waals surface area (Å²) < 4.78 is 20.7. The molecule has 11 heteroatoms. The number of ether oxygens (including phenoxy) is 4. The largest absolute Gasteiger partial charge is 0.465 e. The van der Waals surface area contributed by atoms with E-state index in [1.807, 2.05) is 23.6 Å². The van der Waals surface area contributed by atoms with E-state index in [1.54, 1.807) is 13.8 Å². The van der Waals surface area contributed by atoms with Gasteiger partial charge in [0.05, 0.1) is 25.0 Å². The van der Waals surface area contributed by atoms with Gasteiger partial charge in [0.15, 0.2) is 11.5 Å². The van der Waals surface area contributed by atoms with Crippen molar-refractivity contribution in [2.75, 3.05) is 25.8 Å². The van der Waals surface area contributed by atoms with E-state index in [2.05, 4.69) is 16.4 Å². The number of carbonyl (C=O) groups is 2. The molecule has 3 heterocycles. The highest BCUT2D eigenvalue weighted by molar-refractivity contribution is 7.18. The second-order valence-electron chi connectivity index (χ2n) is 6.89. The molecule has 4 rings (SSSR count). The Morgan fingerprint density at radius 2 is 2.09 bits per heavy atom. The van der Waals surface area contributed by atoms with Gasteiger partial charge in [-0.15, -0.1) is 22.7 Å². The van der Waals surface area contributed by atoms with Gasteiger partial charge in [-0.2, -0.15) is 5.26 Å². The summed E-state index contributed by atoms with van der Waals surface area (Å²) in [6.07, 6.45) is 1.46. The zero-order chi connectivity index (χ0) is 24.2. The number of rotatable bonds is 7. The number of nitriles is 1. The van der Waals surface area contributed by atoms with Gasteiger partial charge >= 0.3 is 11.9 Å². The number of esters is 2. The Labute approximate surface area is 203 Å². The number of hydrogen-bond acceptors (Lipinski definition) is 11. The van der Waals surface area contributed by atoms with Crippen LogP contribution in [0.2, 0.25) is 0 Å². The molecule has 34 heavy (non-hydrogen) atoms. The fraction of sp³-hybridized carbons (Fsp3) is 0.217. The van der Waals surface area contributed by atoms with Gasteiger partial charge in [0.2, 0.25) is 6.79 Å². The van der Waals surface area contributed by atoms with Crippen molar-refractivity contribution in [3.8, 4) is 28.8 Å². The zero-order valence-electron chi connectivity index (χ0n) is 18.5. The third-order valence-electron chi connectivity index (χ3n) is 4.87. The van der Waals surface area contributed by atoms with Crippen LogP contribution < -0.4 is 14.8 Å². The van der Waals surface area contributed by atoms with Gasteiger partial charge in [-0.3, -0.25) is 0 Å². The molecule has 3 aromatic rings. The number of benzene rings is 1. The minimum atomic E-state index is -0.569. The highest BCUT2D eigenvalue weighted by Gasteiger charge is 2.26. The van der Waals surface area contributed by atoms with Crippen LogP contribution in [0.3, 0.4) is 0 Å². The summed E-state index contributed by atoms with van der Waals surface area (Å²) >= 11 is 2.36. The lowest BCUT2D eigenvalue weighted by atomic mass is 10.1. The zero-order valence-corrected chi connectivity index (χ0v) is 20.1. The van der Waals surface area contributed by atoms with E-state index in [-0.39, 0.29) is 29.4 Å². The number of aromatic nitrogens is 1. The first-order valence-corrected chi connectivity index (χ1v) is 11.8. The number of methoxy groups -OCH3 is 1. The van der Waals surface area contributed by atoms with E-state index < -0.39 is 11.9 Å². The number of carbonyl (C=O) groups excluding carboxylic acids is 2. The molecule has 0 bridgehead atoms. The first-order chi connectivity index (χ1) is 16.5. The minimum absolute atomic E-state index is 0.182. The third kappa shape index (κ3) is 4.46. The molecule has 0 saturated heterocycles. The maximum atomic E-state index is 12.5. The van der Waals surface area contributed by atoms with Crippen LogP contribution >= 0.6 is 22.7 Å². The summed E-state index contributed by atoms with van der Waals surface area (Å²) in [7, 11) is 1.27. The van der Waals surface area contributed by atoms with Crippen molar-refractivity contribution < 1.29 is 28.5 Å². The Kier molecular flexibility index (Phi) is 6.81. The lowest BCUT2D eigenvalue weighted by molar-refractivity contribution is 0.0527. The molecule has 9 nitrogen and oxygen atoms in total. The number of nitrogens with zero attached hydrogens (tertiary/aromatic N) is 2. The van der Waals surface area contributed by atoms with Gasteiger partial charge in [0.25, 0.3) is 0 Å². The SMILES string of the molecule is CCOC(=O)c1c(NC=C(C#N)c2nc(-c3ccc4c(c3)OCO4)cs2)sc(C(=O)OC)c1C. The predicted octanol–water partition coefficient (Wildman–Crippen LogP) is 4.85. The Hall–Kier alpha value is -3.88. The second-order valence-corrected chi connectivity index (χ2v) is 8.77. The molecule has 0 amide bonds. The van der Waals surface area contributed by atoms with Gasteiger partial charge in [0, 0.05) is 17.1 Å². The summed E-state index contributed by atoms with van der Waals surface area (Å²) in [6, 6.07) is 7.64. The number of thiazole rings is 1. The molecule has 0 atom stereocenters. The lowest BCUT2D eigenvalue weighted by Gasteiger charge is -2.05. The molecule has 0 radical (unpaired) electrons. The van der Waals surface area contributed by atoms with E-state index in [0.29, 0.717) is 32.8 Å². The number of allylic oxidation sites excluding steroid dienone is 1. The molecule has 0 aliphatic carbocycles. The van der Waals surface area contributed by atoms with E-state index in [1.165, 1.54) is 24.6 Å². The number of anilines is 1. The van der Waals surface area contributed by atoms with Crippen molar-refractivity contribution in [1.82, 2.24) is 4.98 Å². The van der Waals surface area contributed by atoms with Crippen molar-refractivity contribution in [3.63, 3.8) is 0 Å². The normalized spacial score (nSPS) is 12.2. The van der Waals surface area contributed by atoms with Crippen LogP contribution in [-0.4, -0.2) is 37.4 Å². The first kappa shape index (κ1) is 23.3. The van der Waals surface area contributed by atoms with Crippen LogP contribution in [0.4, 0.5) is 5.00 Å². The minimum Gasteiger partial charge on any atom is -0.465 e. The Morgan fingerprint density at radius 3 is 2.82 bits per heavy atom. The fourth-order valence-corrected chi connectivity index (χ4v) is 5.09. The molecular weight excluding hydrogens is 478 g/mol. The van der Waals surface area contributed by atoms with Gasteiger partial charge in [-0.25, -0.2) is 14.6 Å². The summed E-state index contributed by atoms with van der Waals surface area (Å²) in [4.78, 5) is 29.5. The highest BCUT2D eigenvalue weighted by atomic mass is 32.1. The van der Waals surface area contributed by atoms with E-state index >= 15 is 0 Å². The maximum absolute atomic E-state index is 12.5. The number of hydrogen-bond donors (Lipinski definition) is 1. The lowest BCUT2D eigenvalue weighted by Crippen LogP contribution is -2.08. The molecule has 0 fully saturated rings. The van der Waals surface area contributed by atoms with E-state index in [0.717, 1.165) is 16.9 Å². The molecule has 1 N–H and O–H groups in total. The molecule has 174 valence electrons. The molecule has 0 spiro atoms. The average Bonchev–Trinajstić information content (AvgIpc) is 3.57. The van der Waals surface area contributed by atoms with Crippen LogP contribution in [0.5, 0.6) is 11.5 Å². The number of nitrogens with one attached hydrogen (secondary N) is 1. The molecule has 0 unspecified atom stereocenters. The average molecular weight is 498 g/mol. The number of fused-ring (bicyclic) bond motifs is 1. The molecule has 2 aromatic heterocycles. The quantitative estimate of drug-likeness (QED) is 0.361. The molecule has 1 aliphatic heterocycles. The summed E-state index contributed by atoms with van der Waals surface area (Å²) in [5, 5.41) is 15.4. The maximum Gasteiger partial charge on any atom is 0.348 e. The Bertz CT molecular complexity index is 1330. The van der Waals surface area contributed by atoms with Crippen molar-refractivity contribution in [3.05, 3.63) is 50.8 Å². The van der Waals surface area contributed by atoms with Crippen molar-refractivity contribution in [1.29, 1.82) is 5.26 Å². The van der Waals surface area contributed by atoms with Crippen LogP contribution in [0.25, 0.3) is 16.8 Å². The van der Waals surface area contributed by atoms with Gasteiger partial charge in [-0.05, 0) is 37.6 Å². The fourth-order valence-electron chi connectivity index (χ4n) is 3.22. The summed E-state index contributed by atoms with van der Waals surface area (Å²) in [5.74, 6) is 0.195. The molecule has 1 aromatic carbocycles. The first-order valence-electron chi connectivity index (χ1n) is 10.1. The topological polar surface area (TPSA) is 120 Å². The van der Waals surface area contributed by atoms with E-state index in [9.17, 15) is 14.9 Å². The highest BCUT2D eigenvalue weighted by Crippen LogP contribution is 2.37. The monoisotopic (exact) mass is 497 g/mol. The van der Waals surface area contributed by atoms with Crippen molar-refractivity contribution in [2.45, 2.75) is 13.8 Å². The van der Waals surface area contributed by atoms with Crippen molar-refractivity contribution >= 4 is 45.2 Å². The van der Waals surface area contributed by atoms with Crippen LogP contribution in [-0.2, 0) is 9.47 Å². The summed E-state index contributed by atoms with van der Waals surface area (Å²) in [6.45, 7) is 3.71. The van der Waals surface area contributed by atoms with Crippen LogP contribution in [0.15, 0.2) is 29.8 Å². The Balaban J connectivity index is 1.63. The summed E-state index contributed by atoms with van der Waals surface area (Å²) in [5.41, 5.74) is 2.45. The Morgan fingerprint density at radius 1 is 1.29 bits per heavy atom. The van der Waals surface area contributed by atoms with Crippen LogP contribution in [0.1, 0.15) is 37.5 Å².